The first-order valence-electron chi connectivity index (χ1n) is 12.0. The second kappa shape index (κ2) is 11.0. The number of carbonyl (C=O) groups excluding carboxylic acids is 2. The first kappa shape index (κ1) is 26.1. The van der Waals surface area contributed by atoms with Crippen molar-refractivity contribution in [1.82, 2.24) is 0 Å². The van der Waals surface area contributed by atoms with Crippen LogP contribution in [0, 0.1) is 0 Å². The standard InChI is InChI=1S/C29H29ClN2O5/c1-5-31(6-2)20-11-13-21(14-12-20)32-26(18-8-7-9-22(16-18)36-3)25(28(34)29(32)35)27(33)19-10-15-24(37-4)23(30)17-19/h7-17,26,33H,5-6H2,1-4H3/b27-25-. The zero-order chi connectivity index (χ0) is 26.7. The number of rotatable bonds is 8. The van der Waals surface area contributed by atoms with Crippen LogP contribution in [0.25, 0.3) is 5.76 Å². The van der Waals surface area contributed by atoms with Crippen molar-refractivity contribution < 1.29 is 24.2 Å². The lowest BCUT2D eigenvalue weighted by Gasteiger charge is -2.27. The van der Waals surface area contributed by atoms with Gasteiger partial charge in [-0.3, -0.25) is 14.5 Å². The summed E-state index contributed by atoms with van der Waals surface area (Å²) in [6.45, 7) is 5.83. The van der Waals surface area contributed by atoms with Crippen molar-refractivity contribution in [2.45, 2.75) is 19.9 Å². The molecule has 0 bridgehead atoms. The van der Waals surface area contributed by atoms with Crippen LogP contribution in [-0.4, -0.2) is 44.1 Å². The molecule has 192 valence electrons. The molecule has 0 radical (unpaired) electrons. The second-order valence-electron chi connectivity index (χ2n) is 8.48. The summed E-state index contributed by atoms with van der Waals surface area (Å²) in [4.78, 5) is 30.4. The van der Waals surface area contributed by atoms with E-state index in [2.05, 4.69) is 18.7 Å². The van der Waals surface area contributed by atoms with Gasteiger partial charge in [-0.1, -0.05) is 23.7 Å². The summed E-state index contributed by atoms with van der Waals surface area (Å²) in [5.74, 6) is -0.851. The Morgan fingerprint density at radius 2 is 1.68 bits per heavy atom. The maximum absolute atomic E-state index is 13.4. The van der Waals surface area contributed by atoms with E-state index in [1.54, 1.807) is 43.5 Å². The molecule has 37 heavy (non-hydrogen) atoms. The van der Waals surface area contributed by atoms with E-state index in [1.807, 2.05) is 24.3 Å². The Morgan fingerprint density at radius 3 is 2.27 bits per heavy atom. The molecular formula is C29H29ClN2O5. The molecule has 1 unspecified atom stereocenters. The van der Waals surface area contributed by atoms with Crippen LogP contribution in [-0.2, 0) is 9.59 Å². The Balaban J connectivity index is 1.89. The Labute approximate surface area is 221 Å². The summed E-state index contributed by atoms with van der Waals surface area (Å²) in [5, 5.41) is 11.6. The van der Waals surface area contributed by atoms with E-state index in [0.29, 0.717) is 28.3 Å². The third-order valence-electron chi connectivity index (χ3n) is 6.54. The van der Waals surface area contributed by atoms with E-state index in [1.165, 1.54) is 18.1 Å². The van der Waals surface area contributed by atoms with E-state index in [9.17, 15) is 14.7 Å². The molecular weight excluding hydrogens is 492 g/mol. The third-order valence-corrected chi connectivity index (χ3v) is 6.83. The number of methoxy groups -OCH3 is 2. The fourth-order valence-corrected chi connectivity index (χ4v) is 4.87. The summed E-state index contributed by atoms with van der Waals surface area (Å²) >= 11 is 6.29. The fraction of sp³-hybridized carbons (Fsp3) is 0.241. The topological polar surface area (TPSA) is 79.3 Å². The van der Waals surface area contributed by atoms with Gasteiger partial charge in [0, 0.05) is 30.0 Å². The quantitative estimate of drug-likeness (QED) is 0.229. The molecule has 1 heterocycles. The first-order valence-corrected chi connectivity index (χ1v) is 12.4. The van der Waals surface area contributed by atoms with Gasteiger partial charge in [-0.15, -0.1) is 0 Å². The number of aliphatic hydroxyl groups excluding tert-OH is 1. The van der Waals surface area contributed by atoms with Crippen LogP contribution in [0.3, 0.4) is 0 Å². The number of Topliss-reactive ketones (excluding diaryl/α,β-unsaturated/α-hetero) is 1. The van der Waals surface area contributed by atoms with Gasteiger partial charge >= 0.3 is 0 Å². The van der Waals surface area contributed by atoms with Gasteiger partial charge in [0.05, 0.1) is 30.9 Å². The number of ketones is 1. The Morgan fingerprint density at radius 1 is 0.973 bits per heavy atom. The van der Waals surface area contributed by atoms with Crippen molar-refractivity contribution in [1.29, 1.82) is 0 Å². The molecule has 3 aromatic carbocycles. The molecule has 1 aliphatic rings. The molecule has 0 aliphatic carbocycles. The molecule has 1 saturated heterocycles. The molecule has 7 nitrogen and oxygen atoms in total. The van der Waals surface area contributed by atoms with Crippen LogP contribution >= 0.6 is 11.6 Å². The van der Waals surface area contributed by atoms with Gasteiger partial charge in [-0.2, -0.15) is 0 Å². The van der Waals surface area contributed by atoms with Crippen molar-refractivity contribution in [2.24, 2.45) is 0 Å². The number of halogens is 1. The maximum Gasteiger partial charge on any atom is 0.300 e. The Bertz CT molecular complexity index is 1350. The highest BCUT2D eigenvalue weighted by Gasteiger charge is 2.47. The van der Waals surface area contributed by atoms with Crippen molar-refractivity contribution in [2.75, 3.05) is 37.1 Å². The fourth-order valence-electron chi connectivity index (χ4n) is 4.61. The molecule has 0 saturated carbocycles. The molecule has 0 spiro atoms. The lowest BCUT2D eigenvalue weighted by Crippen LogP contribution is -2.29. The van der Waals surface area contributed by atoms with Crippen LogP contribution in [0.2, 0.25) is 5.02 Å². The van der Waals surface area contributed by atoms with E-state index in [-0.39, 0.29) is 16.4 Å². The molecule has 1 aliphatic heterocycles. The van der Waals surface area contributed by atoms with Gasteiger partial charge in [0.15, 0.2) is 0 Å². The highest BCUT2D eigenvalue weighted by atomic mass is 35.5. The average molecular weight is 521 g/mol. The largest absolute Gasteiger partial charge is 0.507 e. The van der Waals surface area contributed by atoms with Crippen LogP contribution < -0.4 is 19.3 Å². The number of aliphatic hydroxyl groups is 1. The van der Waals surface area contributed by atoms with Crippen molar-refractivity contribution in [3.8, 4) is 11.5 Å². The van der Waals surface area contributed by atoms with Gasteiger partial charge in [0.1, 0.15) is 17.3 Å². The average Bonchev–Trinajstić information content (AvgIpc) is 3.19. The van der Waals surface area contributed by atoms with Gasteiger partial charge in [0.25, 0.3) is 11.7 Å². The summed E-state index contributed by atoms with van der Waals surface area (Å²) in [5.41, 5.74) is 2.43. The molecule has 0 aromatic heterocycles. The summed E-state index contributed by atoms with van der Waals surface area (Å²) in [6, 6.07) is 18.4. The van der Waals surface area contributed by atoms with E-state index in [4.69, 9.17) is 21.1 Å². The van der Waals surface area contributed by atoms with Crippen LogP contribution in [0.1, 0.15) is 31.0 Å². The highest BCUT2D eigenvalue weighted by Crippen LogP contribution is 2.43. The minimum Gasteiger partial charge on any atom is -0.507 e. The molecule has 1 fully saturated rings. The summed E-state index contributed by atoms with van der Waals surface area (Å²) in [7, 11) is 3.03. The Kier molecular flexibility index (Phi) is 7.74. The van der Waals surface area contributed by atoms with E-state index >= 15 is 0 Å². The zero-order valence-electron chi connectivity index (χ0n) is 21.2. The van der Waals surface area contributed by atoms with Crippen LogP contribution in [0.15, 0.2) is 72.3 Å². The number of benzene rings is 3. The normalized spacial score (nSPS) is 16.7. The minimum absolute atomic E-state index is 0.0349. The summed E-state index contributed by atoms with van der Waals surface area (Å²) < 4.78 is 10.6. The predicted molar refractivity (Wildman–Crippen MR) is 146 cm³/mol. The molecule has 3 aromatic rings. The first-order chi connectivity index (χ1) is 17.8. The van der Waals surface area contributed by atoms with Gasteiger partial charge in [-0.05, 0) is 74.0 Å². The van der Waals surface area contributed by atoms with E-state index < -0.39 is 17.7 Å². The van der Waals surface area contributed by atoms with Crippen molar-refractivity contribution in [3.05, 3.63) is 88.5 Å². The monoisotopic (exact) mass is 520 g/mol. The summed E-state index contributed by atoms with van der Waals surface area (Å²) in [6.07, 6.45) is 0. The van der Waals surface area contributed by atoms with Crippen molar-refractivity contribution >= 4 is 40.4 Å². The molecule has 1 N–H and O–H groups in total. The van der Waals surface area contributed by atoms with Gasteiger partial charge in [0.2, 0.25) is 0 Å². The Hall–Kier alpha value is -3.97. The van der Waals surface area contributed by atoms with Crippen LogP contribution in [0.4, 0.5) is 11.4 Å². The zero-order valence-corrected chi connectivity index (χ0v) is 22.0. The SMILES string of the molecule is CCN(CC)c1ccc(N2C(=O)C(=O)/C(=C(\O)c3ccc(OC)c(Cl)c3)C2c2cccc(OC)c2)cc1. The number of ether oxygens (including phenoxy) is 2. The number of hydrogen-bond donors (Lipinski definition) is 1. The molecule has 1 atom stereocenters. The molecule has 1 amide bonds. The maximum atomic E-state index is 13.4. The third kappa shape index (κ3) is 4.87. The van der Waals surface area contributed by atoms with Crippen LogP contribution in [0.5, 0.6) is 11.5 Å². The molecule has 8 heteroatoms. The second-order valence-corrected chi connectivity index (χ2v) is 8.89. The highest BCUT2D eigenvalue weighted by molar-refractivity contribution is 6.51. The number of nitrogens with zero attached hydrogens (tertiary/aromatic N) is 2. The van der Waals surface area contributed by atoms with Crippen molar-refractivity contribution in [3.63, 3.8) is 0 Å². The van der Waals surface area contributed by atoms with E-state index in [0.717, 1.165) is 18.8 Å². The van der Waals surface area contributed by atoms with Gasteiger partial charge < -0.3 is 19.5 Å². The number of anilines is 2. The number of hydrogen-bond acceptors (Lipinski definition) is 6. The van der Waals surface area contributed by atoms with Gasteiger partial charge in [-0.25, -0.2) is 0 Å². The lowest BCUT2D eigenvalue weighted by atomic mass is 9.95. The number of amides is 1. The minimum atomic E-state index is -0.879. The number of carbonyl (C=O) groups is 2. The predicted octanol–water partition coefficient (Wildman–Crippen LogP) is 5.83. The molecule has 4 rings (SSSR count). The smallest absolute Gasteiger partial charge is 0.300 e. The lowest BCUT2D eigenvalue weighted by molar-refractivity contribution is -0.132.